The van der Waals surface area contributed by atoms with Gasteiger partial charge in [0.15, 0.2) is 0 Å². The lowest BCUT2D eigenvalue weighted by Crippen LogP contribution is -2.59. The fourth-order valence-electron chi connectivity index (χ4n) is 4.15. The molecule has 1 N–H and O–H groups in total. The van der Waals surface area contributed by atoms with E-state index in [-0.39, 0.29) is 23.9 Å². The molecule has 0 atom stereocenters. The van der Waals surface area contributed by atoms with E-state index in [9.17, 15) is 4.79 Å². The highest BCUT2D eigenvalue weighted by Crippen LogP contribution is 2.34. The summed E-state index contributed by atoms with van der Waals surface area (Å²) in [7, 11) is 0. The summed E-state index contributed by atoms with van der Waals surface area (Å²) in [6.07, 6.45) is 7.07. The Morgan fingerprint density at radius 3 is 2.67 bits per heavy atom. The zero-order valence-electron chi connectivity index (χ0n) is 16.4. The number of nitrogens with one attached hydrogen (secondary N) is 1. The summed E-state index contributed by atoms with van der Waals surface area (Å²) in [5.41, 5.74) is 0.764. The van der Waals surface area contributed by atoms with E-state index < -0.39 is 0 Å². The maximum absolute atomic E-state index is 12.7. The molecule has 0 aromatic heterocycles. The fourth-order valence-corrected chi connectivity index (χ4v) is 4.15. The predicted octanol–water partition coefficient (Wildman–Crippen LogP) is 3.66. The van der Waals surface area contributed by atoms with Crippen LogP contribution in [0.1, 0.15) is 55.8 Å². The lowest BCUT2D eigenvalue weighted by atomic mass is 9.79. The average molecular weight is 397 g/mol. The summed E-state index contributed by atoms with van der Waals surface area (Å²) in [6, 6.07) is 7.49. The number of ether oxygens (including phenoxy) is 2. The lowest BCUT2D eigenvalue weighted by Gasteiger charge is -2.48. The van der Waals surface area contributed by atoms with Gasteiger partial charge in [-0.05, 0) is 37.5 Å². The first-order chi connectivity index (χ1) is 12.7. The Balaban J connectivity index is 0.00000261. The van der Waals surface area contributed by atoms with Gasteiger partial charge in [-0.1, -0.05) is 32.3 Å². The molecule has 0 spiro atoms. The van der Waals surface area contributed by atoms with Gasteiger partial charge in [0, 0.05) is 30.7 Å². The number of amides is 1. The number of rotatable bonds is 7. The van der Waals surface area contributed by atoms with Crippen LogP contribution in [0.3, 0.4) is 0 Å². The number of nitrogens with zero attached hydrogens (tertiary/aromatic N) is 1. The molecule has 3 rings (SSSR count). The molecular weight excluding hydrogens is 364 g/mol. The molecule has 1 saturated carbocycles. The average Bonchev–Trinajstić information content (AvgIpc) is 2.72. The van der Waals surface area contributed by atoms with Crippen molar-refractivity contribution in [1.29, 1.82) is 0 Å². The minimum atomic E-state index is -0.00911. The Morgan fingerprint density at radius 2 is 1.96 bits per heavy atom. The molecule has 1 aromatic carbocycles. The van der Waals surface area contributed by atoms with Gasteiger partial charge in [-0.15, -0.1) is 12.4 Å². The summed E-state index contributed by atoms with van der Waals surface area (Å²) in [5.74, 6) is 0.755. The standard InChI is InChI=1S/C21H32N2O3.ClH/c1-2-13-26-19-8-6-7-18(16-19)20(24)22-17-21(9-4-3-5-10-21)23-11-14-25-15-12-23;/h6-8,16H,2-5,9-15,17H2,1H3,(H,22,24);1H. The number of carbonyl (C=O) groups is 1. The van der Waals surface area contributed by atoms with E-state index in [0.717, 1.165) is 51.3 Å². The highest BCUT2D eigenvalue weighted by Gasteiger charge is 2.38. The second kappa shape index (κ2) is 10.9. The summed E-state index contributed by atoms with van der Waals surface area (Å²) in [6.45, 7) is 6.99. The predicted molar refractivity (Wildman–Crippen MR) is 110 cm³/mol. The molecule has 2 aliphatic rings. The molecule has 1 amide bonds. The largest absolute Gasteiger partial charge is 0.494 e. The van der Waals surface area contributed by atoms with Crippen molar-refractivity contribution in [2.75, 3.05) is 39.5 Å². The van der Waals surface area contributed by atoms with Crippen molar-refractivity contribution in [2.24, 2.45) is 0 Å². The lowest BCUT2D eigenvalue weighted by molar-refractivity contribution is -0.0361. The molecule has 0 bridgehead atoms. The van der Waals surface area contributed by atoms with Gasteiger partial charge >= 0.3 is 0 Å². The van der Waals surface area contributed by atoms with Gasteiger partial charge in [0.05, 0.1) is 19.8 Å². The van der Waals surface area contributed by atoms with Crippen LogP contribution in [-0.2, 0) is 4.74 Å². The fraction of sp³-hybridized carbons (Fsp3) is 0.667. The number of morpholine rings is 1. The maximum Gasteiger partial charge on any atom is 0.251 e. The van der Waals surface area contributed by atoms with Gasteiger partial charge in [0.25, 0.3) is 5.91 Å². The van der Waals surface area contributed by atoms with Gasteiger partial charge in [-0.3, -0.25) is 9.69 Å². The molecule has 0 radical (unpaired) electrons. The zero-order chi connectivity index (χ0) is 18.2. The third kappa shape index (κ3) is 5.84. The van der Waals surface area contributed by atoms with E-state index >= 15 is 0 Å². The van der Waals surface area contributed by atoms with Crippen LogP contribution in [0.5, 0.6) is 5.75 Å². The zero-order valence-corrected chi connectivity index (χ0v) is 17.2. The molecular formula is C21H33ClN2O3. The third-order valence-corrected chi connectivity index (χ3v) is 5.61. The van der Waals surface area contributed by atoms with Gasteiger partial charge in [0.1, 0.15) is 5.75 Å². The summed E-state index contributed by atoms with van der Waals surface area (Å²) < 4.78 is 11.2. The molecule has 1 aliphatic carbocycles. The van der Waals surface area contributed by atoms with Gasteiger partial charge < -0.3 is 14.8 Å². The van der Waals surface area contributed by atoms with Crippen LogP contribution in [0, 0.1) is 0 Å². The molecule has 1 heterocycles. The third-order valence-electron chi connectivity index (χ3n) is 5.61. The van der Waals surface area contributed by atoms with E-state index in [1.54, 1.807) is 0 Å². The van der Waals surface area contributed by atoms with E-state index in [4.69, 9.17) is 9.47 Å². The molecule has 6 heteroatoms. The van der Waals surface area contributed by atoms with Crippen molar-refractivity contribution in [3.8, 4) is 5.75 Å². The van der Waals surface area contributed by atoms with Crippen molar-refractivity contribution in [2.45, 2.75) is 51.0 Å². The van der Waals surface area contributed by atoms with Gasteiger partial charge in [-0.2, -0.15) is 0 Å². The monoisotopic (exact) mass is 396 g/mol. The summed E-state index contributed by atoms with van der Waals surface area (Å²) in [4.78, 5) is 15.3. The highest BCUT2D eigenvalue weighted by molar-refractivity contribution is 5.94. The second-order valence-electron chi connectivity index (χ2n) is 7.44. The van der Waals surface area contributed by atoms with Crippen LogP contribution < -0.4 is 10.1 Å². The van der Waals surface area contributed by atoms with Gasteiger partial charge in [0.2, 0.25) is 0 Å². The molecule has 5 nitrogen and oxygen atoms in total. The van der Waals surface area contributed by atoms with Crippen LogP contribution in [0.2, 0.25) is 0 Å². The summed E-state index contributed by atoms with van der Waals surface area (Å²) in [5, 5.41) is 3.21. The van der Waals surface area contributed by atoms with Crippen molar-refractivity contribution in [1.82, 2.24) is 10.2 Å². The molecule has 1 saturated heterocycles. The normalized spacial score (nSPS) is 19.7. The van der Waals surface area contributed by atoms with Crippen LogP contribution in [0.15, 0.2) is 24.3 Å². The Morgan fingerprint density at radius 1 is 1.22 bits per heavy atom. The molecule has 0 unspecified atom stereocenters. The van der Waals surface area contributed by atoms with Crippen LogP contribution in [0.25, 0.3) is 0 Å². The Labute approximate surface area is 169 Å². The first-order valence-electron chi connectivity index (χ1n) is 10.1. The number of carbonyl (C=O) groups excluding carboxylic acids is 1. The Hall–Kier alpha value is -1.30. The van der Waals surface area contributed by atoms with Gasteiger partial charge in [-0.25, -0.2) is 0 Å². The first kappa shape index (κ1) is 22.0. The van der Waals surface area contributed by atoms with E-state index in [1.807, 2.05) is 24.3 Å². The smallest absolute Gasteiger partial charge is 0.251 e. The molecule has 1 aromatic rings. The molecule has 152 valence electrons. The highest BCUT2D eigenvalue weighted by atomic mass is 35.5. The Bertz CT molecular complexity index is 585. The minimum absolute atomic E-state index is 0. The Kier molecular flexibility index (Phi) is 8.87. The summed E-state index contributed by atoms with van der Waals surface area (Å²) >= 11 is 0. The van der Waals surface area contributed by atoms with E-state index in [1.165, 1.54) is 19.3 Å². The number of halogens is 1. The minimum Gasteiger partial charge on any atom is -0.494 e. The van der Waals surface area contributed by atoms with Crippen molar-refractivity contribution >= 4 is 18.3 Å². The second-order valence-corrected chi connectivity index (χ2v) is 7.44. The number of hydrogen-bond donors (Lipinski definition) is 1. The van der Waals surface area contributed by atoms with E-state index in [0.29, 0.717) is 18.7 Å². The van der Waals surface area contributed by atoms with Crippen molar-refractivity contribution in [3.05, 3.63) is 29.8 Å². The maximum atomic E-state index is 12.7. The van der Waals surface area contributed by atoms with Crippen LogP contribution in [0.4, 0.5) is 0 Å². The molecule has 1 aliphatic heterocycles. The van der Waals surface area contributed by atoms with Crippen LogP contribution in [-0.4, -0.2) is 55.8 Å². The quantitative estimate of drug-likeness (QED) is 0.764. The number of hydrogen-bond acceptors (Lipinski definition) is 4. The molecule has 2 fully saturated rings. The van der Waals surface area contributed by atoms with E-state index in [2.05, 4.69) is 17.1 Å². The SMILES string of the molecule is CCCOc1cccc(C(=O)NCC2(N3CCOCC3)CCCCC2)c1.Cl. The van der Waals surface area contributed by atoms with Crippen molar-refractivity contribution in [3.63, 3.8) is 0 Å². The first-order valence-corrected chi connectivity index (χ1v) is 10.1. The van der Waals surface area contributed by atoms with Crippen LogP contribution >= 0.6 is 12.4 Å². The molecule has 27 heavy (non-hydrogen) atoms. The van der Waals surface area contributed by atoms with Crippen molar-refractivity contribution < 1.29 is 14.3 Å². The number of benzene rings is 1. The topological polar surface area (TPSA) is 50.8 Å².